The molecule has 2 heterocycles. The highest BCUT2D eigenvalue weighted by Gasteiger charge is 2.33. The standard InChI is InChI=1S/C21H24N4O5S2/c1-5-9-25-18(26)17(32-21(25)22-20-24-23-12(3)31-20)11-13-7-8-15(16(10-13)29-4)30-14(6-2)19(27)28/h7-8,10-11,14H,5-6,9H2,1-4H3,(H,27,28)/b17-11+,22-21+. The van der Waals surface area contributed by atoms with E-state index in [1.165, 1.54) is 30.2 Å². The van der Waals surface area contributed by atoms with Gasteiger partial charge in [0.1, 0.15) is 5.01 Å². The molecular weight excluding hydrogens is 452 g/mol. The van der Waals surface area contributed by atoms with Gasteiger partial charge in [-0.3, -0.25) is 9.69 Å². The number of carbonyl (C=O) groups is 2. The molecule has 0 radical (unpaired) electrons. The van der Waals surface area contributed by atoms with Crippen molar-refractivity contribution in [3.8, 4) is 11.5 Å². The summed E-state index contributed by atoms with van der Waals surface area (Å²) >= 11 is 2.64. The summed E-state index contributed by atoms with van der Waals surface area (Å²) < 4.78 is 10.9. The van der Waals surface area contributed by atoms with Crippen molar-refractivity contribution in [1.82, 2.24) is 15.1 Å². The zero-order valence-electron chi connectivity index (χ0n) is 18.2. The average Bonchev–Trinajstić information content (AvgIpc) is 3.30. The number of aliphatic carboxylic acids is 1. The second-order valence-corrected chi connectivity index (χ2v) is 9.00. The maximum atomic E-state index is 13.0. The Kier molecular flexibility index (Phi) is 7.86. The van der Waals surface area contributed by atoms with Crippen LogP contribution in [0.15, 0.2) is 28.1 Å². The second-order valence-electron chi connectivity index (χ2n) is 6.83. The number of aliphatic imine (C=N–C) groups is 1. The van der Waals surface area contributed by atoms with Crippen LogP contribution in [-0.2, 0) is 9.59 Å². The number of nitrogens with zero attached hydrogens (tertiary/aromatic N) is 4. The first-order chi connectivity index (χ1) is 15.4. The number of methoxy groups -OCH3 is 1. The molecule has 1 amide bonds. The van der Waals surface area contributed by atoms with E-state index in [1.807, 2.05) is 13.8 Å². The highest BCUT2D eigenvalue weighted by molar-refractivity contribution is 8.18. The van der Waals surface area contributed by atoms with Crippen LogP contribution in [0.4, 0.5) is 5.13 Å². The fourth-order valence-corrected chi connectivity index (χ4v) is 4.53. The molecule has 1 saturated heterocycles. The van der Waals surface area contributed by atoms with Crippen molar-refractivity contribution in [2.75, 3.05) is 13.7 Å². The minimum atomic E-state index is -1.04. The van der Waals surface area contributed by atoms with Crippen molar-refractivity contribution in [1.29, 1.82) is 0 Å². The number of rotatable bonds is 9. The number of carboxylic acid groups (broad SMARTS) is 1. The number of amides is 1. The van der Waals surface area contributed by atoms with Crippen molar-refractivity contribution < 1.29 is 24.2 Å². The molecule has 1 unspecified atom stereocenters. The normalized spacial score (nSPS) is 17.2. The first kappa shape index (κ1) is 23.7. The Bertz CT molecular complexity index is 1070. The summed E-state index contributed by atoms with van der Waals surface area (Å²) in [6, 6.07) is 5.10. The molecule has 0 spiro atoms. The number of carbonyl (C=O) groups excluding carboxylic acids is 1. The van der Waals surface area contributed by atoms with Crippen LogP contribution >= 0.6 is 23.1 Å². The zero-order valence-corrected chi connectivity index (χ0v) is 19.8. The molecule has 32 heavy (non-hydrogen) atoms. The van der Waals surface area contributed by atoms with Crippen LogP contribution in [0, 0.1) is 6.92 Å². The molecule has 1 N–H and O–H groups in total. The lowest BCUT2D eigenvalue weighted by Crippen LogP contribution is -2.29. The van der Waals surface area contributed by atoms with E-state index >= 15 is 0 Å². The Morgan fingerprint density at radius 3 is 2.69 bits per heavy atom. The Hall–Kier alpha value is -2.92. The molecule has 1 aromatic carbocycles. The topological polar surface area (TPSA) is 114 Å². The number of aryl methyl sites for hydroxylation is 1. The van der Waals surface area contributed by atoms with Gasteiger partial charge in [-0.1, -0.05) is 31.3 Å². The van der Waals surface area contributed by atoms with Crippen LogP contribution in [0.1, 0.15) is 37.3 Å². The Labute approximate surface area is 194 Å². The molecule has 1 aromatic heterocycles. The number of ether oxygens (including phenoxy) is 2. The minimum Gasteiger partial charge on any atom is -0.493 e. The van der Waals surface area contributed by atoms with Gasteiger partial charge in [-0.25, -0.2) is 4.79 Å². The second kappa shape index (κ2) is 10.6. The van der Waals surface area contributed by atoms with Gasteiger partial charge in [-0.15, -0.1) is 10.2 Å². The van der Waals surface area contributed by atoms with Crippen LogP contribution in [0.25, 0.3) is 6.08 Å². The molecule has 1 aliphatic heterocycles. The molecule has 1 fully saturated rings. The summed E-state index contributed by atoms with van der Waals surface area (Å²) in [6.45, 7) is 6.13. The fourth-order valence-electron chi connectivity index (χ4n) is 2.91. The number of benzene rings is 1. The number of amidine groups is 1. The minimum absolute atomic E-state index is 0.131. The van der Waals surface area contributed by atoms with Crippen molar-refractivity contribution >= 4 is 51.4 Å². The van der Waals surface area contributed by atoms with Gasteiger partial charge in [0.15, 0.2) is 22.8 Å². The maximum absolute atomic E-state index is 13.0. The molecule has 1 aliphatic rings. The Morgan fingerprint density at radius 1 is 1.31 bits per heavy atom. The highest BCUT2D eigenvalue weighted by Crippen LogP contribution is 2.36. The molecule has 0 bridgehead atoms. The van der Waals surface area contributed by atoms with Gasteiger partial charge in [0.05, 0.1) is 12.0 Å². The molecule has 3 rings (SSSR count). The largest absolute Gasteiger partial charge is 0.493 e. The van der Waals surface area contributed by atoms with Crippen molar-refractivity contribution in [2.24, 2.45) is 4.99 Å². The number of hydrogen-bond acceptors (Lipinski definition) is 9. The van der Waals surface area contributed by atoms with E-state index in [4.69, 9.17) is 9.47 Å². The third kappa shape index (κ3) is 5.46. The van der Waals surface area contributed by atoms with E-state index in [0.29, 0.717) is 39.7 Å². The molecule has 0 aliphatic carbocycles. The Balaban J connectivity index is 1.88. The third-order valence-corrected chi connectivity index (χ3v) is 6.18. The van der Waals surface area contributed by atoms with Gasteiger partial charge in [-0.05, 0) is 55.3 Å². The predicted octanol–water partition coefficient (Wildman–Crippen LogP) is 4.11. The quantitative estimate of drug-likeness (QED) is 0.538. The smallest absolute Gasteiger partial charge is 0.344 e. The summed E-state index contributed by atoms with van der Waals surface area (Å²) in [6.07, 6.45) is 1.89. The van der Waals surface area contributed by atoms with E-state index in [1.54, 1.807) is 36.1 Å². The summed E-state index contributed by atoms with van der Waals surface area (Å²) in [5.74, 6) is -0.454. The molecule has 0 saturated carbocycles. The van der Waals surface area contributed by atoms with Crippen molar-refractivity contribution in [3.63, 3.8) is 0 Å². The molecule has 2 aromatic rings. The molecule has 170 valence electrons. The van der Waals surface area contributed by atoms with E-state index in [-0.39, 0.29) is 5.91 Å². The lowest BCUT2D eigenvalue weighted by molar-refractivity contribution is -0.145. The van der Waals surface area contributed by atoms with Crippen molar-refractivity contribution in [3.05, 3.63) is 33.7 Å². The van der Waals surface area contributed by atoms with Gasteiger partial charge >= 0.3 is 5.97 Å². The predicted molar refractivity (Wildman–Crippen MR) is 125 cm³/mol. The lowest BCUT2D eigenvalue weighted by atomic mass is 10.1. The number of aromatic nitrogens is 2. The van der Waals surface area contributed by atoms with E-state index in [2.05, 4.69) is 15.2 Å². The molecule has 9 nitrogen and oxygen atoms in total. The first-order valence-corrected chi connectivity index (χ1v) is 11.7. The summed E-state index contributed by atoms with van der Waals surface area (Å²) in [4.78, 5) is 30.9. The molecule has 11 heteroatoms. The zero-order chi connectivity index (χ0) is 23.3. The van der Waals surface area contributed by atoms with Crippen LogP contribution in [0.5, 0.6) is 11.5 Å². The van der Waals surface area contributed by atoms with Gasteiger partial charge in [0, 0.05) is 6.54 Å². The average molecular weight is 477 g/mol. The fraction of sp³-hybridized carbons (Fsp3) is 0.381. The summed E-state index contributed by atoms with van der Waals surface area (Å²) in [5.41, 5.74) is 0.720. The van der Waals surface area contributed by atoms with E-state index in [9.17, 15) is 14.7 Å². The number of carboxylic acids is 1. The number of hydrogen-bond donors (Lipinski definition) is 1. The van der Waals surface area contributed by atoms with Crippen LogP contribution in [0.3, 0.4) is 0 Å². The SMILES string of the molecule is CCCN1C(=O)/C(=C\c2ccc(OC(CC)C(=O)O)c(OC)c2)S/C1=N/c1nnc(C)s1. The monoisotopic (exact) mass is 476 g/mol. The van der Waals surface area contributed by atoms with E-state index < -0.39 is 12.1 Å². The van der Waals surface area contributed by atoms with Crippen LogP contribution < -0.4 is 9.47 Å². The van der Waals surface area contributed by atoms with Crippen LogP contribution in [-0.4, -0.2) is 57.0 Å². The van der Waals surface area contributed by atoms with Gasteiger partial charge in [-0.2, -0.15) is 4.99 Å². The summed E-state index contributed by atoms with van der Waals surface area (Å²) in [5, 5.41) is 19.1. The Morgan fingerprint density at radius 2 is 2.09 bits per heavy atom. The van der Waals surface area contributed by atoms with Gasteiger partial charge < -0.3 is 14.6 Å². The number of thioether (sulfide) groups is 1. The van der Waals surface area contributed by atoms with E-state index in [0.717, 1.165) is 17.0 Å². The van der Waals surface area contributed by atoms with Gasteiger partial charge in [0.25, 0.3) is 5.91 Å². The third-order valence-electron chi connectivity index (χ3n) is 4.44. The molecular formula is C21H24N4O5S2. The molecule has 1 atom stereocenters. The summed E-state index contributed by atoms with van der Waals surface area (Å²) in [7, 11) is 1.48. The van der Waals surface area contributed by atoms with Crippen molar-refractivity contribution in [2.45, 2.75) is 39.7 Å². The first-order valence-electron chi connectivity index (χ1n) is 10.0. The van der Waals surface area contributed by atoms with Crippen LogP contribution in [0.2, 0.25) is 0 Å². The van der Waals surface area contributed by atoms with Gasteiger partial charge in [0.2, 0.25) is 5.13 Å². The highest BCUT2D eigenvalue weighted by atomic mass is 32.2. The maximum Gasteiger partial charge on any atom is 0.344 e. The lowest BCUT2D eigenvalue weighted by Gasteiger charge is -2.16.